The van der Waals surface area contributed by atoms with Crippen molar-refractivity contribution in [3.05, 3.63) is 47.5 Å². The summed E-state index contributed by atoms with van der Waals surface area (Å²) in [5.41, 5.74) is 2.35. The SMILES string of the molecule is Cc1cc(C(=O)N(C)CCc2ccncc2)nc(NCCCN(C)C)n1. The third kappa shape index (κ3) is 6.40. The highest BCUT2D eigenvalue weighted by Gasteiger charge is 2.15. The Bertz CT molecular complexity index is 704. The number of aromatic nitrogens is 3. The highest BCUT2D eigenvalue weighted by Crippen LogP contribution is 2.08. The summed E-state index contributed by atoms with van der Waals surface area (Å²) in [4.78, 5) is 29.3. The summed E-state index contributed by atoms with van der Waals surface area (Å²) in [6.45, 7) is 4.26. The molecule has 0 bridgehead atoms. The Morgan fingerprint density at radius 2 is 1.85 bits per heavy atom. The number of hydrogen-bond acceptors (Lipinski definition) is 6. The zero-order valence-electron chi connectivity index (χ0n) is 16.1. The van der Waals surface area contributed by atoms with E-state index in [0.29, 0.717) is 18.2 Å². The number of pyridine rings is 1. The highest BCUT2D eigenvalue weighted by atomic mass is 16.2. The summed E-state index contributed by atoms with van der Waals surface area (Å²) in [6.07, 6.45) is 5.29. The number of anilines is 1. The molecule has 0 aliphatic rings. The van der Waals surface area contributed by atoms with Crippen LogP contribution in [0.4, 0.5) is 5.95 Å². The van der Waals surface area contributed by atoms with Crippen LogP contribution in [0.5, 0.6) is 0 Å². The van der Waals surface area contributed by atoms with Crippen molar-refractivity contribution in [1.29, 1.82) is 0 Å². The summed E-state index contributed by atoms with van der Waals surface area (Å²) >= 11 is 0. The van der Waals surface area contributed by atoms with Crippen molar-refractivity contribution < 1.29 is 4.79 Å². The van der Waals surface area contributed by atoms with Crippen LogP contribution in [0, 0.1) is 6.92 Å². The van der Waals surface area contributed by atoms with Gasteiger partial charge >= 0.3 is 0 Å². The molecule has 2 aromatic heterocycles. The number of carbonyl (C=O) groups excluding carboxylic acids is 1. The number of amides is 1. The molecule has 1 N–H and O–H groups in total. The number of hydrogen-bond donors (Lipinski definition) is 1. The van der Waals surface area contributed by atoms with Crippen LogP contribution in [0.3, 0.4) is 0 Å². The van der Waals surface area contributed by atoms with Gasteiger partial charge in [-0.2, -0.15) is 0 Å². The first kappa shape index (κ1) is 19.8. The molecule has 2 aromatic rings. The van der Waals surface area contributed by atoms with E-state index in [1.807, 2.05) is 33.2 Å². The van der Waals surface area contributed by atoms with Gasteiger partial charge in [0, 0.05) is 38.2 Å². The average Bonchev–Trinajstić information content (AvgIpc) is 2.63. The van der Waals surface area contributed by atoms with Gasteiger partial charge in [-0.05, 0) is 64.2 Å². The summed E-state index contributed by atoms with van der Waals surface area (Å²) in [7, 11) is 5.88. The number of carbonyl (C=O) groups is 1. The predicted octanol–water partition coefficient (Wildman–Crippen LogP) is 1.86. The first-order chi connectivity index (χ1) is 12.5. The fraction of sp³-hybridized carbons (Fsp3) is 0.474. The lowest BCUT2D eigenvalue weighted by Crippen LogP contribution is -2.30. The molecule has 0 fully saturated rings. The van der Waals surface area contributed by atoms with Crippen LogP contribution >= 0.6 is 0 Å². The molecule has 140 valence electrons. The summed E-state index contributed by atoms with van der Waals surface area (Å²) in [6, 6.07) is 5.65. The van der Waals surface area contributed by atoms with Gasteiger partial charge in [0.15, 0.2) is 0 Å². The molecule has 0 unspecified atom stereocenters. The lowest BCUT2D eigenvalue weighted by atomic mass is 10.2. The minimum atomic E-state index is -0.0964. The Balaban J connectivity index is 1.94. The second kappa shape index (κ2) is 9.82. The number of nitrogens with zero attached hydrogens (tertiary/aromatic N) is 5. The monoisotopic (exact) mass is 356 g/mol. The van der Waals surface area contributed by atoms with E-state index < -0.39 is 0 Å². The average molecular weight is 356 g/mol. The zero-order valence-corrected chi connectivity index (χ0v) is 16.1. The largest absolute Gasteiger partial charge is 0.354 e. The first-order valence-corrected chi connectivity index (χ1v) is 8.84. The minimum absolute atomic E-state index is 0.0964. The van der Waals surface area contributed by atoms with Gasteiger partial charge in [0.25, 0.3) is 5.91 Å². The predicted molar refractivity (Wildman–Crippen MR) is 103 cm³/mol. The summed E-state index contributed by atoms with van der Waals surface area (Å²) in [5, 5.41) is 3.21. The Morgan fingerprint density at radius 1 is 1.12 bits per heavy atom. The van der Waals surface area contributed by atoms with E-state index in [0.717, 1.165) is 37.2 Å². The molecule has 0 radical (unpaired) electrons. The lowest BCUT2D eigenvalue weighted by Gasteiger charge is -2.17. The topological polar surface area (TPSA) is 74.2 Å². The molecule has 0 aliphatic heterocycles. The van der Waals surface area contributed by atoms with E-state index in [-0.39, 0.29) is 5.91 Å². The minimum Gasteiger partial charge on any atom is -0.354 e. The van der Waals surface area contributed by atoms with Crippen molar-refractivity contribution in [3.8, 4) is 0 Å². The van der Waals surface area contributed by atoms with E-state index in [1.54, 1.807) is 30.4 Å². The third-order valence-electron chi connectivity index (χ3n) is 3.97. The Kier molecular flexibility index (Phi) is 7.47. The number of nitrogens with one attached hydrogen (secondary N) is 1. The molecule has 2 rings (SSSR count). The molecule has 0 saturated carbocycles. The van der Waals surface area contributed by atoms with Crippen molar-refractivity contribution in [1.82, 2.24) is 24.8 Å². The molecule has 26 heavy (non-hydrogen) atoms. The van der Waals surface area contributed by atoms with Gasteiger partial charge in [-0.25, -0.2) is 9.97 Å². The zero-order chi connectivity index (χ0) is 18.9. The lowest BCUT2D eigenvalue weighted by molar-refractivity contribution is 0.0790. The molecular weight excluding hydrogens is 328 g/mol. The van der Waals surface area contributed by atoms with Crippen LogP contribution < -0.4 is 5.32 Å². The van der Waals surface area contributed by atoms with Crippen molar-refractivity contribution in [3.63, 3.8) is 0 Å². The van der Waals surface area contributed by atoms with Crippen LogP contribution in [0.1, 0.15) is 28.2 Å². The molecular formula is C19H28N6O. The van der Waals surface area contributed by atoms with E-state index in [1.165, 1.54) is 0 Å². The second-order valence-corrected chi connectivity index (χ2v) is 6.63. The second-order valence-electron chi connectivity index (χ2n) is 6.63. The summed E-state index contributed by atoms with van der Waals surface area (Å²) in [5.74, 6) is 0.413. The summed E-state index contributed by atoms with van der Waals surface area (Å²) < 4.78 is 0. The van der Waals surface area contributed by atoms with Crippen molar-refractivity contribution in [2.45, 2.75) is 19.8 Å². The molecule has 1 amide bonds. The molecule has 7 nitrogen and oxygen atoms in total. The molecule has 0 saturated heterocycles. The van der Waals surface area contributed by atoms with Gasteiger partial charge in [-0.1, -0.05) is 0 Å². The van der Waals surface area contributed by atoms with E-state index in [4.69, 9.17) is 0 Å². The number of aryl methyl sites for hydroxylation is 1. The maximum Gasteiger partial charge on any atom is 0.272 e. The van der Waals surface area contributed by atoms with Crippen molar-refractivity contribution in [2.24, 2.45) is 0 Å². The van der Waals surface area contributed by atoms with E-state index in [2.05, 4.69) is 25.2 Å². The molecule has 0 spiro atoms. The van der Waals surface area contributed by atoms with Crippen LogP contribution in [-0.2, 0) is 6.42 Å². The van der Waals surface area contributed by atoms with E-state index >= 15 is 0 Å². The van der Waals surface area contributed by atoms with Crippen LogP contribution in [0.15, 0.2) is 30.6 Å². The first-order valence-electron chi connectivity index (χ1n) is 8.84. The van der Waals surface area contributed by atoms with Gasteiger partial charge in [-0.15, -0.1) is 0 Å². The maximum absolute atomic E-state index is 12.7. The quantitative estimate of drug-likeness (QED) is 0.691. The number of rotatable bonds is 9. The standard InChI is InChI=1S/C19H28N6O/c1-15-14-17(23-19(22-15)21-9-5-12-24(2)3)18(26)25(4)13-8-16-6-10-20-11-7-16/h6-7,10-11,14H,5,8-9,12-13H2,1-4H3,(H,21,22,23). The Labute approximate surface area is 155 Å². The fourth-order valence-electron chi connectivity index (χ4n) is 2.50. The van der Waals surface area contributed by atoms with Crippen molar-refractivity contribution in [2.75, 3.05) is 46.1 Å². The van der Waals surface area contributed by atoms with Gasteiger partial charge in [0.1, 0.15) is 5.69 Å². The molecule has 7 heteroatoms. The molecule has 0 aliphatic carbocycles. The molecule has 2 heterocycles. The van der Waals surface area contributed by atoms with E-state index in [9.17, 15) is 4.79 Å². The van der Waals surface area contributed by atoms with Gasteiger partial charge in [0.05, 0.1) is 0 Å². The Hall–Kier alpha value is -2.54. The molecule has 0 atom stereocenters. The van der Waals surface area contributed by atoms with Gasteiger partial charge < -0.3 is 15.1 Å². The smallest absolute Gasteiger partial charge is 0.272 e. The third-order valence-corrected chi connectivity index (χ3v) is 3.97. The molecule has 0 aromatic carbocycles. The maximum atomic E-state index is 12.7. The van der Waals surface area contributed by atoms with Crippen molar-refractivity contribution >= 4 is 11.9 Å². The van der Waals surface area contributed by atoms with Crippen LogP contribution in [0.25, 0.3) is 0 Å². The van der Waals surface area contributed by atoms with Crippen LogP contribution in [-0.4, -0.2) is 71.4 Å². The van der Waals surface area contributed by atoms with Gasteiger partial charge in [-0.3, -0.25) is 9.78 Å². The van der Waals surface area contributed by atoms with Crippen LogP contribution in [0.2, 0.25) is 0 Å². The normalized spacial score (nSPS) is 10.8. The Morgan fingerprint density at radius 3 is 2.54 bits per heavy atom. The fourth-order valence-corrected chi connectivity index (χ4v) is 2.50. The van der Waals surface area contributed by atoms with Gasteiger partial charge in [0.2, 0.25) is 5.95 Å². The highest BCUT2D eigenvalue weighted by molar-refractivity contribution is 5.92. The number of likely N-dealkylation sites (N-methyl/N-ethyl adjacent to an activating group) is 1.